The van der Waals surface area contributed by atoms with Crippen LogP contribution in [0.2, 0.25) is 0 Å². The molecule has 2 atom stereocenters. The molecule has 0 spiro atoms. The summed E-state index contributed by atoms with van der Waals surface area (Å²) in [5.74, 6) is -1.31. The number of carbonyl (C=O) groups is 3. The minimum absolute atomic E-state index is 0.0661. The summed E-state index contributed by atoms with van der Waals surface area (Å²) < 4.78 is 5.38. The second-order valence-corrected chi connectivity index (χ2v) is 11.0. The van der Waals surface area contributed by atoms with Gasteiger partial charge in [-0.25, -0.2) is 4.79 Å². The summed E-state index contributed by atoms with van der Waals surface area (Å²) in [5, 5.41) is 18.6. The van der Waals surface area contributed by atoms with E-state index in [9.17, 15) is 19.5 Å². The third-order valence-electron chi connectivity index (χ3n) is 6.37. The molecule has 0 radical (unpaired) electrons. The van der Waals surface area contributed by atoms with Gasteiger partial charge in [0.1, 0.15) is 23.4 Å². The molecular formula is C31H39N3O5. The van der Waals surface area contributed by atoms with E-state index < -0.39 is 35.6 Å². The molecule has 3 aromatic carbocycles. The Hall–Kier alpha value is -4.07. The molecule has 0 aliphatic heterocycles. The molecule has 0 saturated heterocycles. The van der Waals surface area contributed by atoms with Gasteiger partial charge in [0.2, 0.25) is 5.91 Å². The summed E-state index contributed by atoms with van der Waals surface area (Å²) >= 11 is 0. The molecule has 0 saturated carbocycles. The summed E-state index contributed by atoms with van der Waals surface area (Å²) in [6.07, 6.45) is -0.721. The average molecular weight is 534 g/mol. The molecule has 39 heavy (non-hydrogen) atoms. The SMILES string of the molecule is CCN(C(=O)C(NC(=O)OC(C)(C)C)C(C)C)C(C(=O)Nc1ccc2ccccc2c1)c1cccc(C)c1O. The summed E-state index contributed by atoms with van der Waals surface area (Å²) in [4.78, 5) is 41.8. The first-order valence-electron chi connectivity index (χ1n) is 13.2. The number of ether oxygens (including phenoxy) is 1. The molecular weight excluding hydrogens is 494 g/mol. The van der Waals surface area contributed by atoms with Gasteiger partial charge < -0.3 is 25.4 Å². The van der Waals surface area contributed by atoms with Gasteiger partial charge in [0.05, 0.1) is 0 Å². The lowest BCUT2D eigenvalue weighted by Crippen LogP contribution is -2.54. The number of anilines is 1. The number of hydrogen-bond donors (Lipinski definition) is 3. The third-order valence-corrected chi connectivity index (χ3v) is 6.37. The number of para-hydroxylation sites is 1. The van der Waals surface area contributed by atoms with Crippen LogP contribution in [-0.2, 0) is 14.3 Å². The number of fused-ring (bicyclic) bond motifs is 1. The van der Waals surface area contributed by atoms with Gasteiger partial charge in [-0.1, -0.05) is 62.4 Å². The normalized spacial score (nSPS) is 13.0. The molecule has 0 bridgehead atoms. The van der Waals surface area contributed by atoms with Crippen molar-refractivity contribution in [2.24, 2.45) is 5.92 Å². The number of carbonyl (C=O) groups excluding carboxylic acids is 3. The quantitative estimate of drug-likeness (QED) is 0.333. The number of nitrogens with one attached hydrogen (secondary N) is 2. The molecule has 8 nitrogen and oxygen atoms in total. The summed E-state index contributed by atoms with van der Waals surface area (Å²) in [6.45, 7) is 12.5. The van der Waals surface area contributed by atoms with Gasteiger partial charge in [-0.15, -0.1) is 0 Å². The second kappa shape index (κ2) is 12.2. The lowest BCUT2D eigenvalue weighted by Gasteiger charge is -2.35. The van der Waals surface area contributed by atoms with Crippen LogP contribution >= 0.6 is 0 Å². The maximum absolute atomic E-state index is 14.0. The van der Waals surface area contributed by atoms with E-state index in [4.69, 9.17) is 4.74 Å². The lowest BCUT2D eigenvalue weighted by molar-refractivity contribution is -0.141. The molecule has 3 N–H and O–H groups in total. The highest BCUT2D eigenvalue weighted by molar-refractivity contribution is 6.00. The van der Waals surface area contributed by atoms with Crippen molar-refractivity contribution in [2.45, 2.75) is 66.2 Å². The minimum atomic E-state index is -1.16. The van der Waals surface area contributed by atoms with Crippen LogP contribution in [0.3, 0.4) is 0 Å². The molecule has 8 heteroatoms. The van der Waals surface area contributed by atoms with Crippen LogP contribution in [0.4, 0.5) is 10.5 Å². The topological polar surface area (TPSA) is 108 Å². The minimum Gasteiger partial charge on any atom is -0.507 e. The monoisotopic (exact) mass is 533 g/mol. The van der Waals surface area contributed by atoms with E-state index in [-0.39, 0.29) is 18.2 Å². The fourth-order valence-corrected chi connectivity index (χ4v) is 4.42. The molecule has 0 aliphatic rings. The van der Waals surface area contributed by atoms with Gasteiger partial charge >= 0.3 is 6.09 Å². The van der Waals surface area contributed by atoms with Gasteiger partial charge in [-0.3, -0.25) is 9.59 Å². The Morgan fingerprint density at radius 3 is 2.26 bits per heavy atom. The van der Waals surface area contributed by atoms with E-state index in [2.05, 4.69) is 10.6 Å². The molecule has 3 rings (SSSR count). The Balaban J connectivity index is 2.01. The van der Waals surface area contributed by atoms with Gasteiger partial charge in [-0.05, 0) is 69.0 Å². The largest absolute Gasteiger partial charge is 0.507 e. The smallest absolute Gasteiger partial charge is 0.408 e. The molecule has 2 unspecified atom stereocenters. The first-order valence-corrected chi connectivity index (χ1v) is 13.2. The Bertz CT molecular complexity index is 1350. The van der Waals surface area contributed by atoms with Crippen molar-refractivity contribution in [2.75, 3.05) is 11.9 Å². The second-order valence-electron chi connectivity index (χ2n) is 11.0. The molecule has 0 aliphatic carbocycles. The Kier molecular flexibility index (Phi) is 9.22. The van der Waals surface area contributed by atoms with E-state index in [1.807, 2.05) is 50.2 Å². The fraction of sp³-hybridized carbons (Fsp3) is 0.387. The number of alkyl carbamates (subject to hydrolysis) is 1. The molecule has 0 heterocycles. The number of phenols is 1. The highest BCUT2D eigenvalue weighted by Gasteiger charge is 2.38. The van der Waals surface area contributed by atoms with Crippen LogP contribution in [0.1, 0.15) is 58.7 Å². The Morgan fingerprint density at radius 1 is 0.974 bits per heavy atom. The molecule has 3 aromatic rings. The highest BCUT2D eigenvalue weighted by atomic mass is 16.6. The van der Waals surface area contributed by atoms with Crippen LogP contribution in [0.25, 0.3) is 10.8 Å². The summed E-state index contributed by atoms with van der Waals surface area (Å²) in [7, 11) is 0. The Morgan fingerprint density at radius 2 is 1.64 bits per heavy atom. The van der Waals surface area contributed by atoms with Crippen molar-refractivity contribution in [3.05, 3.63) is 71.8 Å². The summed E-state index contributed by atoms with van der Waals surface area (Å²) in [5.41, 5.74) is 0.691. The number of benzene rings is 3. The molecule has 208 valence electrons. The summed E-state index contributed by atoms with van der Waals surface area (Å²) in [6, 6.07) is 16.3. The van der Waals surface area contributed by atoms with Crippen molar-refractivity contribution in [1.29, 1.82) is 0 Å². The van der Waals surface area contributed by atoms with Crippen LogP contribution in [0, 0.1) is 12.8 Å². The number of amides is 3. The number of aromatic hydroxyl groups is 1. The van der Waals surface area contributed by atoms with Crippen LogP contribution in [0.5, 0.6) is 5.75 Å². The fourth-order valence-electron chi connectivity index (χ4n) is 4.42. The van der Waals surface area contributed by atoms with Crippen LogP contribution < -0.4 is 10.6 Å². The van der Waals surface area contributed by atoms with Crippen molar-refractivity contribution < 1.29 is 24.2 Å². The van der Waals surface area contributed by atoms with Crippen LogP contribution in [0.15, 0.2) is 60.7 Å². The maximum Gasteiger partial charge on any atom is 0.408 e. The van der Waals surface area contributed by atoms with Gasteiger partial charge in [-0.2, -0.15) is 0 Å². The van der Waals surface area contributed by atoms with Gasteiger partial charge in [0.15, 0.2) is 0 Å². The number of phenolic OH excluding ortho intramolecular Hbond substituents is 1. The van der Waals surface area contributed by atoms with E-state index in [0.717, 1.165) is 10.8 Å². The zero-order valence-electron chi connectivity index (χ0n) is 23.7. The number of aryl methyl sites for hydroxylation is 1. The number of likely N-dealkylation sites (N-methyl/N-ethyl adjacent to an activating group) is 1. The van der Waals surface area contributed by atoms with E-state index in [1.54, 1.807) is 58.9 Å². The average Bonchev–Trinajstić information content (AvgIpc) is 2.86. The van der Waals surface area contributed by atoms with Crippen molar-refractivity contribution in [3.63, 3.8) is 0 Å². The lowest BCUT2D eigenvalue weighted by atomic mass is 9.97. The van der Waals surface area contributed by atoms with Gasteiger partial charge in [0, 0.05) is 17.8 Å². The van der Waals surface area contributed by atoms with Gasteiger partial charge in [0.25, 0.3) is 5.91 Å². The van der Waals surface area contributed by atoms with E-state index >= 15 is 0 Å². The molecule has 0 fully saturated rings. The molecule has 0 aromatic heterocycles. The zero-order chi connectivity index (χ0) is 28.9. The molecule has 3 amide bonds. The first kappa shape index (κ1) is 29.5. The maximum atomic E-state index is 14.0. The van der Waals surface area contributed by atoms with E-state index in [1.165, 1.54) is 4.90 Å². The van der Waals surface area contributed by atoms with Crippen LogP contribution in [-0.4, -0.2) is 46.1 Å². The Labute approximate surface area is 230 Å². The predicted octanol–water partition coefficient (Wildman–Crippen LogP) is 5.93. The van der Waals surface area contributed by atoms with E-state index in [0.29, 0.717) is 16.8 Å². The predicted molar refractivity (Wildman–Crippen MR) is 154 cm³/mol. The third kappa shape index (κ3) is 7.28. The van der Waals surface area contributed by atoms with Crippen molar-refractivity contribution >= 4 is 34.4 Å². The highest BCUT2D eigenvalue weighted by Crippen LogP contribution is 2.33. The number of hydrogen-bond acceptors (Lipinski definition) is 5. The standard InChI is InChI=1S/C31H39N3O5/c1-8-34(29(37)25(19(2)3)33-30(38)39-31(5,6)7)26(24-15-11-12-20(4)27(24)35)28(36)32-23-17-16-21-13-9-10-14-22(21)18-23/h9-19,25-26,35H,8H2,1-7H3,(H,32,36)(H,33,38). The number of rotatable bonds is 8. The van der Waals surface area contributed by atoms with Crippen molar-refractivity contribution in [3.8, 4) is 5.75 Å². The first-order chi connectivity index (χ1) is 18.3. The van der Waals surface area contributed by atoms with Crippen molar-refractivity contribution in [1.82, 2.24) is 10.2 Å². The zero-order valence-corrected chi connectivity index (χ0v) is 23.7. The number of nitrogens with zero attached hydrogens (tertiary/aromatic N) is 1.